The van der Waals surface area contributed by atoms with Gasteiger partial charge in [0.25, 0.3) is 5.91 Å². The lowest BCUT2D eigenvalue weighted by molar-refractivity contribution is -0.204. The number of benzene rings is 2. The molecule has 0 bridgehead atoms. The molecule has 0 unspecified atom stereocenters. The van der Waals surface area contributed by atoms with Gasteiger partial charge in [-0.1, -0.05) is 44.2 Å². The van der Waals surface area contributed by atoms with Gasteiger partial charge in [0, 0.05) is 18.7 Å². The minimum absolute atomic E-state index is 0.0487. The first kappa shape index (κ1) is 25.2. The monoisotopic (exact) mass is 492 g/mol. The van der Waals surface area contributed by atoms with Crippen LogP contribution in [0.4, 0.5) is 0 Å². The topological polar surface area (TPSA) is 51.2 Å². The Labute approximate surface area is 215 Å². The molecular weight excluding hydrogens is 452 g/mol. The Morgan fingerprint density at radius 2 is 1.81 bits per heavy atom. The maximum Gasteiger partial charge on any atom is 0.254 e. The summed E-state index contributed by atoms with van der Waals surface area (Å²) in [7, 11) is 0. The molecule has 3 atom stereocenters. The molecule has 0 aliphatic carbocycles. The summed E-state index contributed by atoms with van der Waals surface area (Å²) in [5.41, 5.74) is 1.46. The maximum atomic E-state index is 13.4. The van der Waals surface area contributed by atoms with Crippen LogP contribution in [0.15, 0.2) is 54.6 Å². The van der Waals surface area contributed by atoms with Crippen molar-refractivity contribution in [1.82, 2.24) is 9.80 Å². The van der Waals surface area contributed by atoms with E-state index < -0.39 is 5.60 Å². The second-order valence-electron chi connectivity index (χ2n) is 10.9. The lowest BCUT2D eigenvalue weighted by atomic mass is 9.75. The highest BCUT2D eigenvalue weighted by Crippen LogP contribution is 2.44. The lowest BCUT2D eigenvalue weighted by Crippen LogP contribution is -2.59. The van der Waals surface area contributed by atoms with Crippen LogP contribution in [-0.4, -0.2) is 73.9 Å². The Balaban J connectivity index is 1.20. The predicted molar refractivity (Wildman–Crippen MR) is 140 cm³/mol. The van der Waals surface area contributed by atoms with Crippen LogP contribution >= 0.6 is 0 Å². The SMILES string of the molecule is CC(C)[C@@H]1C[C@@]2(CO[C@H]1c1ccccc1)CN(C(=O)c1ccc(OCCN3CCCC3)cc1)CCO2. The fraction of sp³-hybridized carbons (Fsp3) is 0.567. The molecule has 0 radical (unpaired) electrons. The standard InChI is InChI=1S/C30H40N2O4/c1-23(2)27-20-30(22-35-28(27)24-8-4-3-5-9-24)21-32(17-19-36-30)29(33)25-10-12-26(13-11-25)34-18-16-31-14-6-7-15-31/h3-5,8-13,23,27-28H,6-7,14-22H2,1-2H3/t27-,28-,30-/m0/s1. The van der Waals surface area contributed by atoms with Gasteiger partial charge in [0.15, 0.2) is 0 Å². The van der Waals surface area contributed by atoms with E-state index in [1.807, 2.05) is 35.2 Å². The maximum absolute atomic E-state index is 13.4. The third-order valence-electron chi connectivity index (χ3n) is 8.02. The van der Waals surface area contributed by atoms with Crippen molar-refractivity contribution in [2.75, 3.05) is 52.5 Å². The van der Waals surface area contributed by atoms with Gasteiger partial charge in [0.05, 0.1) is 25.9 Å². The van der Waals surface area contributed by atoms with Crippen LogP contribution in [0.25, 0.3) is 0 Å². The highest BCUT2D eigenvalue weighted by Gasteiger charge is 2.47. The Kier molecular flexibility index (Phi) is 7.94. The average molecular weight is 493 g/mol. The molecule has 5 rings (SSSR count). The van der Waals surface area contributed by atoms with Crippen LogP contribution in [0.1, 0.15) is 55.1 Å². The van der Waals surface area contributed by atoms with E-state index in [4.69, 9.17) is 14.2 Å². The van der Waals surface area contributed by atoms with Gasteiger partial charge >= 0.3 is 0 Å². The summed E-state index contributed by atoms with van der Waals surface area (Å²) in [6.07, 6.45) is 3.52. The Morgan fingerprint density at radius 1 is 1.06 bits per heavy atom. The van der Waals surface area contributed by atoms with Gasteiger partial charge in [-0.15, -0.1) is 0 Å². The summed E-state index contributed by atoms with van der Waals surface area (Å²) in [4.78, 5) is 17.8. The molecule has 3 aliphatic rings. The first-order valence-corrected chi connectivity index (χ1v) is 13.6. The molecule has 36 heavy (non-hydrogen) atoms. The van der Waals surface area contributed by atoms with Crippen LogP contribution in [-0.2, 0) is 9.47 Å². The normalized spacial score (nSPS) is 27.0. The molecule has 1 spiro atoms. The molecule has 6 nitrogen and oxygen atoms in total. The highest BCUT2D eigenvalue weighted by atomic mass is 16.6. The number of nitrogens with zero attached hydrogens (tertiary/aromatic N) is 2. The van der Waals surface area contributed by atoms with E-state index in [0.29, 0.717) is 50.3 Å². The first-order chi connectivity index (χ1) is 17.5. The van der Waals surface area contributed by atoms with Crippen molar-refractivity contribution in [1.29, 1.82) is 0 Å². The number of amides is 1. The number of ether oxygens (including phenoxy) is 3. The Morgan fingerprint density at radius 3 is 2.53 bits per heavy atom. The van der Waals surface area contributed by atoms with Crippen LogP contribution in [0.2, 0.25) is 0 Å². The van der Waals surface area contributed by atoms with Gasteiger partial charge in [-0.2, -0.15) is 0 Å². The third-order valence-corrected chi connectivity index (χ3v) is 8.02. The van der Waals surface area contributed by atoms with Gasteiger partial charge in [0.2, 0.25) is 0 Å². The van der Waals surface area contributed by atoms with Crippen LogP contribution in [0.3, 0.4) is 0 Å². The molecular formula is C30H40N2O4. The number of morpholine rings is 1. The molecule has 0 N–H and O–H groups in total. The van der Waals surface area contributed by atoms with Crippen molar-refractivity contribution in [3.63, 3.8) is 0 Å². The van der Waals surface area contributed by atoms with E-state index in [1.54, 1.807) is 0 Å². The van der Waals surface area contributed by atoms with Crippen LogP contribution in [0, 0.1) is 11.8 Å². The molecule has 3 aliphatic heterocycles. The zero-order valence-corrected chi connectivity index (χ0v) is 21.7. The molecule has 0 aromatic heterocycles. The van der Waals surface area contributed by atoms with Crippen molar-refractivity contribution in [3.05, 3.63) is 65.7 Å². The number of rotatable bonds is 7. The molecule has 1 amide bonds. The summed E-state index contributed by atoms with van der Waals surface area (Å²) in [5, 5.41) is 0. The fourth-order valence-corrected chi connectivity index (χ4v) is 5.94. The van der Waals surface area contributed by atoms with Gasteiger partial charge in [-0.3, -0.25) is 9.69 Å². The Bertz CT molecular complexity index is 990. The molecule has 2 aromatic carbocycles. The smallest absolute Gasteiger partial charge is 0.254 e. The lowest BCUT2D eigenvalue weighted by Gasteiger charge is -2.50. The average Bonchev–Trinajstić information content (AvgIpc) is 3.43. The van der Waals surface area contributed by atoms with E-state index in [9.17, 15) is 4.79 Å². The van der Waals surface area contributed by atoms with Gasteiger partial charge in [-0.25, -0.2) is 0 Å². The van der Waals surface area contributed by atoms with E-state index in [2.05, 4.69) is 43.0 Å². The van der Waals surface area contributed by atoms with E-state index in [0.717, 1.165) is 18.7 Å². The van der Waals surface area contributed by atoms with Crippen molar-refractivity contribution < 1.29 is 19.0 Å². The molecule has 2 aromatic rings. The summed E-state index contributed by atoms with van der Waals surface area (Å²) in [6.45, 7) is 10.7. The number of hydrogen-bond acceptors (Lipinski definition) is 5. The molecule has 194 valence electrons. The van der Waals surface area contributed by atoms with Gasteiger partial charge < -0.3 is 19.1 Å². The van der Waals surface area contributed by atoms with E-state index >= 15 is 0 Å². The molecule has 3 fully saturated rings. The second-order valence-corrected chi connectivity index (χ2v) is 10.9. The fourth-order valence-electron chi connectivity index (χ4n) is 5.94. The van der Waals surface area contributed by atoms with Crippen molar-refractivity contribution in [2.24, 2.45) is 11.8 Å². The van der Waals surface area contributed by atoms with Crippen LogP contribution < -0.4 is 4.74 Å². The molecule has 6 heteroatoms. The zero-order valence-electron chi connectivity index (χ0n) is 21.7. The van der Waals surface area contributed by atoms with Crippen molar-refractivity contribution in [2.45, 2.75) is 44.8 Å². The second kappa shape index (κ2) is 11.3. The summed E-state index contributed by atoms with van der Waals surface area (Å²) >= 11 is 0. The largest absolute Gasteiger partial charge is 0.492 e. The van der Waals surface area contributed by atoms with Gasteiger partial charge in [-0.05, 0) is 74.0 Å². The number of carbonyl (C=O) groups is 1. The van der Waals surface area contributed by atoms with Gasteiger partial charge in [0.1, 0.15) is 18.0 Å². The molecule has 0 saturated carbocycles. The number of likely N-dealkylation sites (tertiary alicyclic amines) is 1. The highest BCUT2D eigenvalue weighted by molar-refractivity contribution is 5.94. The summed E-state index contributed by atoms with van der Waals surface area (Å²) in [5.74, 6) is 1.64. The Hall–Kier alpha value is -2.41. The van der Waals surface area contributed by atoms with Crippen LogP contribution in [0.5, 0.6) is 5.75 Å². The number of carbonyl (C=O) groups excluding carboxylic acids is 1. The summed E-state index contributed by atoms with van der Waals surface area (Å²) < 4.78 is 18.7. The van der Waals surface area contributed by atoms with E-state index in [-0.39, 0.29) is 12.0 Å². The number of hydrogen-bond donors (Lipinski definition) is 0. The zero-order chi connectivity index (χ0) is 25.0. The minimum atomic E-state index is -0.452. The van der Waals surface area contributed by atoms with Crippen molar-refractivity contribution in [3.8, 4) is 5.75 Å². The first-order valence-electron chi connectivity index (χ1n) is 13.6. The minimum Gasteiger partial charge on any atom is -0.492 e. The molecule has 3 saturated heterocycles. The third kappa shape index (κ3) is 5.77. The quantitative estimate of drug-likeness (QED) is 0.555. The predicted octanol–water partition coefficient (Wildman–Crippen LogP) is 4.81. The van der Waals surface area contributed by atoms with E-state index in [1.165, 1.54) is 31.5 Å². The van der Waals surface area contributed by atoms with Crippen molar-refractivity contribution >= 4 is 5.91 Å². The molecule has 3 heterocycles. The summed E-state index contributed by atoms with van der Waals surface area (Å²) in [6, 6.07) is 18.1.